The number of esters is 1. The summed E-state index contributed by atoms with van der Waals surface area (Å²) in [6, 6.07) is 9.64. The maximum absolute atomic E-state index is 12.8. The Morgan fingerprint density at radius 1 is 1.12 bits per heavy atom. The summed E-state index contributed by atoms with van der Waals surface area (Å²) in [4.78, 5) is 38.3. The van der Waals surface area contributed by atoms with Crippen LogP contribution in [0.2, 0.25) is 0 Å². The number of hydrogen-bond donors (Lipinski definition) is 1. The third kappa shape index (κ3) is 4.62. The normalized spacial score (nSPS) is 15.3. The van der Waals surface area contributed by atoms with E-state index in [1.807, 2.05) is 37.3 Å². The standard InChI is InChI=1S/C20H28N2O4/c1-3-21-17(23)14-22(4-2)18(24)15-26-19(25)20(12-8-9-13-20)16-10-6-5-7-11-16/h5-7,10-11H,3-4,8-9,12-15H2,1-2H3,(H,21,23). The molecule has 1 aliphatic rings. The van der Waals surface area contributed by atoms with Gasteiger partial charge in [-0.2, -0.15) is 0 Å². The molecule has 2 rings (SSSR count). The highest BCUT2D eigenvalue weighted by atomic mass is 16.5. The van der Waals surface area contributed by atoms with Crippen molar-refractivity contribution in [2.24, 2.45) is 0 Å². The third-order valence-electron chi connectivity index (χ3n) is 4.94. The number of likely N-dealkylation sites (N-methyl/N-ethyl adjacent to an activating group) is 2. The lowest BCUT2D eigenvalue weighted by molar-refractivity contribution is -0.157. The van der Waals surface area contributed by atoms with Crippen molar-refractivity contribution in [3.05, 3.63) is 35.9 Å². The Balaban J connectivity index is 1.99. The average Bonchev–Trinajstić information content (AvgIpc) is 3.16. The molecular formula is C20H28N2O4. The zero-order valence-electron chi connectivity index (χ0n) is 15.6. The van der Waals surface area contributed by atoms with Crippen molar-refractivity contribution >= 4 is 17.8 Å². The first-order chi connectivity index (χ1) is 12.5. The van der Waals surface area contributed by atoms with Gasteiger partial charge in [0.15, 0.2) is 6.61 Å². The minimum absolute atomic E-state index is 0.0233. The lowest BCUT2D eigenvalue weighted by atomic mass is 9.79. The summed E-state index contributed by atoms with van der Waals surface area (Å²) < 4.78 is 5.41. The van der Waals surface area contributed by atoms with Crippen LogP contribution in [-0.4, -0.2) is 48.9 Å². The van der Waals surface area contributed by atoms with Gasteiger partial charge in [-0.05, 0) is 32.3 Å². The first kappa shape index (κ1) is 19.9. The summed E-state index contributed by atoms with van der Waals surface area (Å²) in [5.74, 6) is -0.914. The van der Waals surface area contributed by atoms with E-state index in [1.54, 1.807) is 6.92 Å². The second kappa shape index (κ2) is 9.36. The first-order valence-electron chi connectivity index (χ1n) is 9.30. The zero-order valence-corrected chi connectivity index (χ0v) is 15.6. The predicted molar refractivity (Wildman–Crippen MR) is 98.5 cm³/mol. The summed E-state index contributed by atoms with van der Waals surface area (Å²) in [6.07, 6.45) is 3.41. The molecule has 1 aromatic rings. The fraction of sp³-hybridized carbons (Fsp3) is 0.550. The Labute approximate surface area is 154 Å². The van der Waals surface area contributed by atoms with Gasteiger partial charge in [0, 0.05) is 13.1 Å². The first-order valence-corrected chi connectivity index (χ1v) is 9.30. The fourth-order valence-electron chi connectivity index (χ4n) is 3.51. The lowest BCUT2D eigenvalue weighted by Gasteiger charge is -2.28. The third-order valence-corrected chi connectivity index (χ3v) is 4.94. The van der Waals surface area contributed by atoms with Crippen LogP contribution in [0.5, 0.6) is 0 Å². The van der Waals surface area contributed by atoms with Gasteiger partial charge in [-0.1, -0.05) is 43.2 Å². The van der Waals surface area contributed by atoms with Crippen LogP contribution in [0.15, 0.2) is 30.3 Å². The van der Waals surface area contributed by atoms with Crippen LogP contribution >= 0.6 is 0 Å². The van der Waals surface area contributed by atoms with Crippen LogP contribution in [0.25, 0.3) is 0 Å². The number of nitrogens with one attached hydrogen (secondary N) is 1. The zero-order chi connectivity index (χ0) is 19.0. The Kier molecular flexibility index (Phi) is 7.18. The molecule has 0 saturated heterocycles. The molecule has 0 aromatic heterocycles. The Morgan fingerprint density at radius 3 is 2.35 bits per heavy atom. The van der Waals surface area contributed by atoms with Crippen molar-refractivity contribution in [1.29, 1.82) is 0 Å². The van der Waals surface area contributed by atoms with Gasteiger partial charge in [-0.25, -0.2) is 0 Å². The SMILES string of the molecule is CCNC(=O)CN(CC)C(=O)COC(=O)C1(c2ccccc2)CCCC1. The van der Waals surface area contributed by atoms with E-state index in [1.165, 1.54) is 4.90 Å². The van der Waals surface area contributed by atoms with Gasteiger partial charge in [0.1, 0.15) is 0 Å². The van der Waals surface area contributed by atoms with Crippen LogP contribution in [0.4, 0.5) is 0 Å². The van der Waals surface area contributed by atoms with Gasteiger partial charge in [-0.3, -0.25) is 14.4 Å². The molecule has 1 aromatic carbocycles. The van der Waals surface area contributed by atoms with Gasteiger partial charge in [-0.15, -0.1) is 0 Å². The minimum atomic E-state index is -0.655. The number of ether oxygens (including phenoxy) is 1. The van der Waals surface area contributed by atoms with Gasteiger partial charge in [0.2, 0.25) is 5.91 Å². The number of carbonyl (C=O) groups is 3. The van der Waals surface area contributed by atoms with Crippen LogP contribution in [0.3, 0.4) is 0 Å². The van der Waals surface area contributed by atoms with E-state index in [9.17, 15) is 14.4 Å². The molecule has 0 spiro atoms. The molecular weight excluding hydrogens is 332 g/mol. The molecule has 0 heterocycles. The van der Waals surface area contributed by atoms with Crippen molar-refractivity contribution in [1.82, 2.24) is 10.2 Å². The number of benzene rings is 1. The molecule has 1 fully saturated rings. The molecule has 0 unspecified atom stereocenters. The van der Waals surface area contributed by atoms with E-state index in [0.29, 0.717) is 13.1 Å². The van der Waals surface area contributed by atoms with Crippen LogP contribution in [0.1, 0.15) is 45.1 Å². The van der Waals surface area contributed by atoms with Gasteiger partial charge < -0.3 is 15.0 Å². The lowest BCUT2D eigenvalue weighted by Crippen LogP contribution is -2.43. The largest absolute Gasteiger partial charge is 0.455 e. The van der Waals surface area contributed by atoms with E-state index in [0.717, 1.165) is 31.2 Å². The van der Waals surface area contributed by atoms with E-state index in [-0.39, 0.29) is 30.9 Å². The van der Waals surface area contributed by atoms with Crippen LogP contribution < -0.4 is 5.32 Å². The molecule has 6 heteroatoms. The molecule has 1 aliphatic carbocycles. The minimum Gasteiger partial charge on any atom is -0.455 e. The number of nitrogens with zero attached hydrogens (tertiary/aromatic N) is 1. The van der Waals surface area contributed by atoms with Crippen molar-refractivity contribution in [3.63, 3.8) is 0 Å². The Hall–Kier alpha value is -2.37. The molecule has 0 radical (unpaired) electrons. The van der Waals surface area contributed by atoms with Crippen molar-refractivity contribution in [2.45, 2.75) is 44.9 Å². The number of hydrogen-bond acceptors (Lipinski definition) is 4. The van der Waals surface area contributed by atoms with E-state index in [4.69, 9.17) is 4.74 Å². The molecule has 2 amide bonds. The number of rotatable bonds is 8. The Bertz CT molecular complexity index is 624. The summed E-state index contributed by atoms with van der Waals surface area (Å²) in [5.41, 5.74) is 0.294. The van der Waals surface area contributed by atoms with E-state index < -0.39 is 5.41 Å². The summed E-state index contributed by atoms with van der Waals surface area (Å²) >= 11 is 0. The predicted octanol–water partition coefficient (Wildman–Crippen LogP) is 2.03. The second-order valence-electron chi connectivity index (χ2n) is 6.59. The molecule has 1 N–H and O–H groups in total. The molecule has 142 valence electrons. The van der Waals surface area contributed by atoms with Gasteiger partial charge in [0.05, 0.1) is 12.0 Å². The monoisotopic (exact) mass is 360 g/mol. The van der Waals surface area contributed by atoms with Crippen molar-refractivity contribution in [3.8, 4) is 0 Å². The summed E-state index contributed by atoms with van der Waals surface area (Å²) in [7, 11) is 0. The van der Waals surface area contributed by atoms with Crippen molar-refractivity contribution in [2.75, 3.05) is 26.2 Å². The highest BCUT2D eigenvalue weighted by Gasteiger charge is 2.44. The van der Waals surface area contributed by atoms with Crippen LogP contribution in [-0.2, 0) is 24.5 Å². The van der Waals surface area contributed by atoms with E-state index >= 15 is 0 Å². The smallest absolute Gasteiger partial charge is 0.317 e. The summed E-state index contributed by atoms with van der Waals surface area (Å²) in [5, 5.41) is 2.66. The molecule has 6 nitrogen and oxygen atoms in total. The molecule has 1 saturated carbocycles. The highest BCUT2D eigenvalue weighted by molar-refractivity contribution is 5.88. The van der Waals surface area contributed by atoms with Crippen molar-refractivity contribution < 1.29 is 19.1 Å². The maximum atomic E-state index is 12.8. The Morgan fingerprint density at radius 2 is 1.77 bits per heavy atom. The number of carbonyl (C=O) groups excluding carboxylic acids is 3. The van der Waals surface area contributed by atoms with Gasteiger partial charge >= 0.3 is 5.97 Å². The quantitative estimate of drug-likeness (QED) is 0.720. The topological polar surface area (TPSA) is 75.7 Å². The second-order valence-corrected chi connectivity index (χ2v) is 6.59. The van der Waals surface area contributed by atoms with Crippen LogP contribution in [0, 0.1) is 0 Å². The van der Waals surface area contributed by atoms with Gasteiger partial charge in [0.25, 0.3) is 5.91 Å². The maximum Gasteiger partial charge on any atom is 0.317 e. The average molecular weight is 360 g/mol. The molecule has 26 heavy (non-hydrogen) atoms. The van der Waals surface area contributed by atoms with E-state index in [2.05, 4.69) is 5.32 Å². The summed E-state index contributed by atoms with van der Waals surface area (Å²) in [6.45, 7) is 4.16. The molecule has 0 atom stereocenters. The molecule has 0 aliphatic heterocycles. The fourth-order valence-corrected chi connectivity index (χ4v) is 3.51. The number of amides is 2. The highest BCUT2D eigenvalue weighted by Crippen LogP contribution is 2.42. The molecule has 0 bridgehead atoms.